The molecule has 2 saturated carbocycles. The molecule has 102 valence electrons. The second-order valence-corrected chi connectivity index (χ2v) is 6.16. The van der Waals surface area contributed by atoms with Gasteiger partial charge in [0.15, 0.2) is 0 Å². The molecular weight excluding hydrogens is 236 g/mol. The van der Waals surface area contributed by atoms with Gasteiger partial charge in [0.25, 0.3) is 5.91 Å². The summed E-state index contributed by atoms with van der Waals surface area (Å²) in [6.07, 6.45) is 4.90. The van der Waals surface area contributed by atoms with Crippen molar-refractivity contribution < 1.29 is 4.79 Å². The van der Waals surface area contributed by atoms with Crippen LogP contribution in [0.3, 0.4) is 0 Å². The van der Waals surface area contributed by atoms with E-state index >= 15 is 0 Å². The van der Waals surface area contributed by atoms with Gasteiger partial charge in [0, 0.05) is 23.8 Å². The fourth-order valence-electron chi connectivity index (χ4n) is 2.62. The van der Waals surface area contributed by atoms with E-state index < -0.39 is 0 Å². The first-order valence-corrected chi connectivity index (χ1v) is 7.24. The number of nitrogen functional groups attached to an aromatic ring is 1. The summed E-state index contributed by atoms with van der Waals surface area (Å²) in [5.41, 5.74) is 9.56. The van der Waals surface area contributed by atoms with Crippen molar-refractivity contribution in [2.24, 2.45) is 5.92 Å². The number of carbonyl (C=O) groups is 1. The van der Waals surface area contributed by atoms with Gasteiger partial charge in [0.2, 0.25) is 0 Å². The highest BCUT2D eigenvalue weighted by Crippen LogP contribution is 2.36. The Bertz CT molecular complexity index is 516. The molecule has 3 heteroatoms. The lowest BCUT2D eigenvalue weighted by Gasteiger charge is -2.23. The first kappa shape index (κ1) is 12.5. The molecule has 3 rings (SSSR count). The topological polar surface area (TPSA) is 46.3 Å². The van der Waals surface area contributed by atoms with E-state index in [1.807, 2.05) is 26.0 Å². The number of amides is 1. The molecule has 0 aromatic heterocycles. The largest absolute Gasteiger partial charge is 0.398 e. The molecule has 1 aromatic rings. The molecule has 1 aromatic carbocycles. The Kier molecular flexibility index (Phi) is 3.00. The minimum atomic E-state index is 0.179. The van der Waals surface area contributed by atoms with E-state index in [0.717, 1.165) is 34.8 Å². The van der Waals surface area contributed by atoms with Crippen LogP contribution in [-0.4, -0.2) is 23.4 Å². The van der Waals surface area contributed by atoms with E-state index in [0.29, 0.717) is 6.04 Å². The van der Waals surface area contributed by atoms with Crippen LogP contribution in [0, 0.1) is 19.8 Å². The van der Waals surface area contributed by atoms with Crippen molar-refractivity contribution in [3.05, 3.63) is 28.8 Å². The smallest absolute Gasteiger partial charge is 0.254 e. The molecule has 1 amide bonds. The van der Waals surface area contributed by atoms with Crippen LogP contribution >= 0.6 is 0 Å². The zero-order chi connectivity index (χ0) is 13.6. The van der Waals surface area contributed by atoms with Crippen molar-refractivity contribution in [2.45, 2.75) is 45.6 Å². The van der Waals surface area contributed by atoms with Gasteiger partial charge in [-0.05, 0) is 62.6 Å². The molecule has 2 N–H and O–H groups in total. The zero-order valence-electron chi connectivity index (χ0n) is 11.8. The number of rotatable bonds is 4. The number of carbonyl (C=O) groups excluding carboxylic acids is 1. The third-order valence-electron chi connectivity index (χ3n) is 4.24. The van der Waals surface area contributed by atoms with Gasteiger partial charge in [-0.2, -0.15) is 0 Å². The maximum atomic E-state index is 12.7. The normalized spacial score (nSPS) is 18.4. The van der Waals surface area contributed by atoms with Crippen molar-refractivity contribution in [1.82, 2.24) is 4.90 Å². The summed E-state index contributed by atoms with van der Waals surface area (Å²) >= 11 is 0. The highest BCUT2D eigenvalue weighted by atomic mass is 16.2. The number of hydrogen-bond donors (Lipinski definition) is 1. The number of hydrogen-bond acceptors (Lipinski definition) is 2. The van der Waals surface area contributed by atoms with Crippen LogP contribution in [-0.2, 0) is 0 Å². The second-order valence-electron chi connectivity index (χ2n) is 6.16. The monoisotopic (exact) mass is 258 g/mol. The summed E-state index contributed by atoms with van der Waals surface area (Å²) in [5, 5.41) is 0. The molecule has 3 nitrogen and oxygen atoms in total. The molecule has 0 aliphatic heterocycles. The fourth-order valence-corrected chi connectivity index (χ4v) is 2.62. The number of aryl methyl sites for hydroxylation is 2. The fraction of sp³-hybridized carbons (Fsp3) is 0.562. The van der Waals surface area contributed by atoms with Gasteiger partial charge in [-0.15, -0.1) is 0 Å². The van der Waals surface area contributed by atoms with Gasteiger partial charge in [0.05, 0.1) is 0 Å². The summed E-state index contributed by atoms with van der Waals surface area (Å²) in [5.74, 6) is 0.922. The average Bonchev–Trinajstić information content (AvgIpc) is 3.23. The molecule has 0 spiro atoms. The Labute approximate surface area is 114 Å². The van der Waals surface area contributed by atoms with E-state index in [4.69, 9.17) is 5.73 Å². The minimum Gasteiger partial charge on any atom is -0.398 e. The maximum Gasteiger partial charge on any atom is 0.254 e. The number of nitrogens with two attached hydrogens (primary N) is 1. The van der Waals surface area contributed by atoms with Gasteiger partial charge in [0.1, 0.15) is 0 Å². The van der Waals surface area contributed by atoms with Gasteiger partial charge in [-0.3, -0.25) is 4.79 Å². The van der Waals surface area contributed by atoms with E-state index in [1.165, 1.54) is 25.7 Å². The van der Waals surface area contributed by atoms with Crippen molar-refractivity contribution in [3.63, 3.8) is 0 Å². The van der Waals surface area contributed by atoms with Crippen LogP contribution in [0.4, 0.5) is 5.69 Å². The van der Waals surface area contributed by atoms with Crippen LogP contribution < -0.4 is 5.73 Å². The molecule has 2 aliphatic rings. The van der Waals surface area contributed by atoms with Crippen LogP contribution in [0.2, 0.25) is 0 Å². The quantitative estimate of drug-likeness (QED) is 0.844. The van der Waals surface area contributed by atoms with E-state index in [-0.39, 0.29) is 5.91 Å². The minimum absolute atomic E-state index is 0.179. The van der Waals surface area contributed by atoms with Crippen molar-refractivity contribution in [2.75, 3.05) is 12.3 Å². The molecular formula is C16H22N2O. The van der Waals surface area contributed by atoms with Gasteiger partial charge in [-0.25, -0.2) is 0 Å². The number of nitrogens with zero attached hydrogens (tertiary/aromatic N) is 1. The third kappa shape index (κ3) is 2.60. The average molecular weight is 258 g/mol. The first-order chi connectivity index (χ1) is 9.06. The predicted molar refractivity (Wildman–Crippen MR) is 77.1 cm³/mol. The Balaban J connectivity index is 1.86. The molecule has 0 saturated heterocycles. The lowest BCUT2D eigenvalue weighted by atomic mass is 10.0. The van der Waals surface area contributed by atoms with E-state index in [9.17, 15) is 4.79 Å². The first-order valence-electron chi connectivity index (χ1n) is 7.24. The van der Waals surface area contributed by atoms with Gasteiger partial charge < -0.3 is 10.6 Å². The Morgan fingerprint density at radius 2 is 1.89 bits per heavy atom. The molecule has 0 heterocycles. The third-order valence-corrected chi connectivity index (χ3v) is 4.24. The SMILES string of the molecule is Cc1cc(C)c(C(=O)N(CC2CC2)C2CC2)cc1N. The highest BCUT2D eigenvalue weighted by Gasteiger charge is 2.37. The van der Waals surface area contributed by atoms with E-state index in [1.54, 1.807) is 0 Å². The summed E-state index contributed by atoms with van der Waals surface area (Å²) < 4.78 is 0. The Morgan fingerprint density at radius 1 is 1.21 bits per heavy atom. The lowest BCUT2D eigenvalue weighted by Crippen LogP contribution is -2.35. The number of benzene rings is 1. The lowest BCUT2D eigenvalue weighted by molar-refractivity contribution is 0.0734. The molecule has 2 aliphatic carbocycles. The van der Waals surface area contributed by atoms with Crippen molar-refractivity contribution in [3.8, 4) is 0 Å². The molecule has 19 heavy (non-hydrogen) atoms. The maximum absolute atomic E-state index is 12.7. The summed E-state index contributed by atoms with van der Waals surface area (Å²) in [7, 11) is 0. The van der Waals surface area contributed by atoms with Crippen molar-refractivity contribution >= 4 is 11.6 Å². The van der Waals surface area contributed by atoms with Crippen LogP contribution in [0.25, 0.3) is 0 Å². The summed E-state index contributed by atoms with van der Waals surface area (Å²) in [6, 6.07) is 4.36. The predicted octanol–water partition coefficient (Wildman–Crippen LogP) is 2.90. The molecule has 0 atom stereocenters. The number of anilines is 1. The molecule has 0 bridgehead atoms. The second kappa shape index (κ2) is 4.55. The van der Waals surface area contributed by atoms with Crippen LogP contribution in [0.1, 0.15) is 47.2 Å². The zero-order valence-corrected chi connectivity index (χ0v) is 11.8. The highest BCUT2D eigenvalue weighted by molar-refractivity contribution is 5.97. The van der Waals surface area contributed by atoms with E-state index in [2.05, 4.69) is 4.90 Å². The Hall–Kier alpha value is -1.51. The molecule has 0 radical (unpaired) electrons. The molecule has 0 unspecified atom stereocenters. The van der Waals surface area contributed by atoms with Crippen LogP contribution in [0.5, 0.6) is 0 Å². The van der Waals surface area contributed by atoms with Gasteiger partial charge in [-0.1, -0.05) is 6.07 Å². The molecule has 2 fully saturated rings. The van der Waals surface area contributed by atoms with Gasteiger partial charge >= 0.3 is 0 Å². The van der Waals surface area contributed by atoms with Crippen molar-refractivity contribution in [1.29, 1.82) is 0 Å². The Morgan fingerprint density at radius 3 is 2.47 bits per heavy atom. The summed E-state index contributed by atoms with van der Waals surface area (Å²) in [4.78, 5) is 14.8. The summed E-state index contributed by atoms with van der Waals surface area (Å²) in [6.45, 7) is 4.93. The standard InChI is InChI=1S/C16H22N2O/c1-10-7-11(2)15(17)8-14(10)16(19)18(13-5-6-13)9-12-3-4-12/h7-8,12-13H,3-6,9,17H2,1-2H3. The van der Waals surface area contributed by atoms with Crippen LogP contribution in [0.15, 0.2) is 12.1 Å².